The molecule has 1 aromatic heterocycles. The molecule has 1 fully saturated rings. The van der Waals surface area contributed by atoms with E-state index >= 15 is 0 Å². The van der Waals surface area contributed by atoms with Crippen molar-refractivity contribution in [1.82, 2.24) is 15.0 Å². The Bertz CT molecular complexity index is 719. The summed E-state index contributed by atoms with van der Waals surface area (Å²) in [5.41, 5.74) is 0.692. The Labute approximate surface area is 124 Å². The molecular formula is C15H19N3O2S. The fourth-order valence-corrected chi connectivity index (χ4v) is 4.02. The summed E-state index contributed by atoms with van der Waals surface area (Å²) in [5.74, 6) is 0. The SMILES string of the molecule is O=S(=O)(NCC[C@H]1CCCN1)c1cccc2ncccc12. The van der Waals surface area contributed by atoms with E-state index in [1.54, 1.807) is 30.5 Å². The molecule has 0 radical (unpaired) electrons. The van der Waals surface area contributed by atoms with E-state index in [0.29, 0.717) is 28.4 Å². The van der Waals surface area contributed by atoms with Crippen LogP contribution in [0.25, 0.3) is 10.9 Å². The number of nitrogens with one attached hydrogen (secondary N) is 2. The number of hydrogen-bond donors (Lipinski definition) is 2. The normalized spacial score (nSPS) is 19.1. The molecule has 0 saturated carbocycles. The standard InChI is InChI=1S/C15H19N3O2S/c19-21(20,18-11-8-12-4-2-9-16-12)15-7-1-6-14-13(15)5-3-10-17-14/h1,3,5-7,10,12,16,18H,2,4,8-9,11H2/t12-/m1/s1. The highest BCUT2D eigenvalue weighted by molar-refractivity contribution is 7.89. The van der Waals surface area contributed by atoms with Crippen LogP contribution in [-0.4, -0.2) is 32.5 Å². The van der Waals surface area contributed by atoms with Crippen LogP contribution in [0.5, 0.6) is 0 Å². The first kappa shape index (κ1) is 14.4. The molecule has 5 nitrogen and oxygen atoms in total. The van der Waals surface area contributed by atoms with Crippen molar-refractivity contribution in [3.8, 4) is 0 Å². The topological polar surface area (TPSA) is 71.1 Å². The maximum absolute atomic E-state index is 12.5. The maximum Gasteiger partial charge on any atom is 0.241 e. The van der Waals surface area contributed by atoms with Gasteiger partial charge in [-0.3, -0.25) is 4.98 Å². The van der Waals surface area contributed by atoms with E-state index in [1.165, 1.54) is 6.42 Å². The summed E-state index contributed by atoms with van der Waals surface area (Å²) in [4.78, 5) is 4.50. The van der Waals surface area contributed by atoms with Crippen LogP contribution in [0.4, 0.5) is 0 Å². The molecule has 1 aliphatic rings. The van der Waals surface area contributed by atoms with Gasteiger partial charge in [0.25, 0.3) is 0 Å². The van der Waals surface area contributed by atoms with Crippen LogP contribution in [0.15, 0.2) is 41.4 Å². The zero-order valence-corrected chi connectivity index (χ0v) is 12.6. The third-order valence-corrected chi connectivity index (χ3v) is 5.36. The highest BCUT2D eigenvalue weighted by Gasteiger charge is 2.19. The molecular weight excluding hydrogens is 286 g/mol. The Kier molecular flexibility index (Phi) is 4.19. The van der Waals surface area contributed by atoms with Crippen LogP contribution in [-0.2, 0) is 10.0 Å². The molecule has 112 valence electrons. The van der Waals surface area contributed by atoms with Gasteiger partial charge in [-0.2, -0.15) is 0 Å². The fraction of sp³-hybridized carbons (Fsp3) is 0.400. The van der Waals surface area contributed by atoms with Gasteiger partial charge in [-0.1, -0.05) is 6.07 Å². The Hall–Kier alpha value is -1.50. The Morgan fingerprint density at radius 3 is 3.00 bits per heavy atom. The average Bonchev–Trinajstić information content (AvgIpc) is 3.00. The molecule has 1 aliphatic heterocycles. The second-order valence-electron chi connectivity index (χ2n) is 5.31. The summed E-state index contributed by atoms with van der Waals surface area (Å²) >= 11 is 0. The molecule has 3 rings (SSSR count). The molecule has 0 bridgehead atoms. The summed E-state index contributed by atoms with van der Waals surface area (Å²) < 4.78 is 27.6. The van der Waals surface area contributed by atoms with Gasteiger partial charge in [-0.25, -0.2) is 13.1 Å². The molecule has 2 aromatic rings. The van der Waals surface area contributed by atoms with E-state index in [4.69, 9.17) is 0 Å². The number of nitrogens with zero attached hydrogens (tertiary/aromatic N) is 1. The van der Waals surface area contributed by atoms with Crippen molar-refractivity contribution in [2.24, 2.45) is 0 Å². The minimum atomic E-state index is -3.50. The van der Waals surface area contributed by atoms with Crippen molar-refractivity contribution < 1.29 is 8.42 Å². The number of rotatable bonds is 5. The molecule has 2 N–H and O–H groups in total. The van der Waals surface area contributed by atoms with E-state index in [2.05, 4.69) is 15.0 Å². The van der Waals surface area contributed by atoms with Gasteiger partial charge in [0.1, 0.15) is 0 Å². The summed E-state index contributed by atoms with van der Waals surface area (Å²) in [6.45, 7) is 1.49. The summed E-state index contributed by atoms with van der Waals surface area (Å²) in [6, 6.07) is 9.14. The van der Waals surface area contributed by atoms with Gasteiger partial charge in [-0.15, -0.1) is 0 Å². The van der Waals surface area contributed by atoms with Crippen LogP contribution < -0.4 is 10.0 Å². The highest BCUT2D eigenvalue weighted by Crippen LogP contribution is 2.21. The Morgan fingerprint density at radius 1 is 1.29 bits per heavy atom. The second kappa shape index (κ2) is 6.09. The quantitative estimate of drug-likeness (QED) is 0.881. The Balaban J connectivity index is 1.76. The fourth-order valence-electron chi connectivity index (χ4n) is 2.76. The third kappa shape index (κ3) is 3.23. The number of hydrogen-bond acceptors (Lipinski definition) is 4. The van der Waals surface area contributed by atoms with E-state index in [9.17, 15) is 8.42 Å². The third-order valence-electron chi connectivity index (χ3n) is 3.84. The van der Waals surface area contributed by atoms with Crippen LogP contribution in [0.1, 0.15) is 19.3 Å². The van der Waals surface area contributed by atoms with Gasteiger partial charge < -0.3 is 5.32 Å². The summed E-state index contributed by atoms with van der Waals surface area (Å²) in [7, 11) is -3.50. The van der Waals surface area contributed by atoms with Crippen molar-refractivity contribution in [1.29, 1.82) is 0 Å². The monoisotopic (exact) mass is 305 g/mol. The second-order valence-corrected chi connectivity index (χ2v) is 7.04. The number of pyridine rings is 1. The molecule has 0 amide bonds. The van der Waals surface area contributed by atoms with Crippen LogP contribution in [0.3, 0.4) is 0 Å². The van der Waals surface area contributed by atoms with Crippen molar-refractivity contribution in [3.05, 3.63) is 36.5 Å². The predicted molar refractivity (Wildman–Crippen MR) is 82.6 cm³/mol. The van der Waals surface area contributed by atoms with Gasteiger partial charge >= 0.3 is 0 Å². The van der Waals surface area contributed by atoms with Crippen LogP contribution in [0, 0.1) is 0 Å². The molecule has 0 aliphatic carbocycles. The predicted octanol–water partition coefficient (Wildman–Crippen LogP) is 1.66. The van der Waals surface area contributed by atoms with Gasteiger partial charge in [0.2, 0.25) is 10.0 Å². The number of sulfonamides is 1. The van der Waals surface area contributed by atoms with E-state index < -0.39 is 10.0 Å². The van der Waals surface area contributed by atoms with Crippen molar-refractivity contribution >= 4 is 20.9 Å². The lowest BCUT2D eigenvalue weighted by Gasteiger charge is -2.12. The van der Waals surface area contributed by atoms with Gasteiger partial charge in [0.15, 0.2) is 0 Å². The van der Waals surface area contributed by atoms with E-state index in [0.717, 1.165) is 19.4 Å². The number of benzene rings is 1. The smallest absolute Gasteiger partial charge is 0.241 e. The highest BCUT2D eigenvalue weighted by atomic mass is 32.2. The van der Waals surface area contributed by atoms with Crippen molar-refractivity contribution in [3.63, 3.8) is 0 Å². The molecule has 1 aromatic carbocycles. The van der Waals surface area contributed by atoms with E-state index in [-0.39, 0.29) is 0 Å². The van der Waals surface area contributed by atoms with Gasteiger partial charge in [0.05, 0.1) is 10.4 Å². The molecule has 1 atom stereocenters. The molecule has 2 heterocycles. The minimum absolute atomic E-state index is 0.299. The lowest BCUT2D eigenvalue weighted by molar-refractivity contribution is 0.540. The first-order valence-corrected chi connectivity index (χ1v) is 8.72. The lowest BCUT2D eigenvalue weighted by atomic mass is 10.2. The van der Waals surface area contributed by atoms with Crippen molar-refractivity contribution in [2.45, 2.75) is 30.2 Å². The minimum Gasteiger partial charge on any atom is -0.314 e. The summed E-state index contributed by atoms with van der Waals surface area (Å²) in [5, 5.41) is 4.03. The van der Waals surface area contributed by atoms with Gasteiger partial charge in [-0.05, 0) is 50.1 Å². The first-order chi connectivity index (χ1) is 10.2. The molecule has 6 heteroatoms. The molecule has 0 unspecified atom stereocenters. The first-order valence-electron chi connectivity index (χ1n) is 7.24. The van der Waals surface area contributed by atoms with Crippen molar-refractivity contribution in [2.75, 3.05) is 13.1 Å². The van der Waals surface area contributed by atoms with Crippen LogP contribution in [0.2, 0.25) is 0 Å². The Morgan fingerprint density at radius 2 is 2.19 bits per heavy atom. The maximum atomic E-state index is 12.5. The zero-order valence-electron chi connectivity index (χ0n) is 11.7. The number of fused-ring (bicyclic) bond motifs is 1. The molecule has 0 spiro atoms. The molecule has 21 heavy (non-hydrogen) atoms. The van der Waals surface area contributed by atoms with E-state index in [1.807, 2.05) is 6.07 Å². The lowest BCUT2D eigenvalue weighted by Crippen LogP contribution is -2.30. The zero-order chi connectivity index (χ0) is 14.7. The van der Waals surface area contributed by atoms with Crippen LogP contribution >= 0.6 is 0 Å². The largest absolute Gasteiger partial charge is 0.314 e. The van der Waals surface area contributed by atoms with Gasteiger partial charge in [0, 0.05) is 24.2 Å². The summed E-state index contributed by atoms with van der Waals surface area (Å²) in [6.07, 6.45) is 4.78. The number of aromatic nitrogens is 1. The average molecular weight is 305 g/mol. The molecule has 1 saturated heterocycles.